The van der Waals surface area contributed by atoms with Gasteiger partial charge in [-0.05, 0) is 36.0 Å². The van der Waals surface area contributed by atoms with Crippen LogP contribution in [-0.2, 0) is 0 Å². The normalized spacial score (nSPS) is 26.1. The van der Waals surface area contributed by atoms with Gasteiger partial charge in [-0.3, -0.25) is 0 Å². The molecule has 2 atom stereocenters. The van der Waals surface area contributed by atoms with Gasteiger partial charge in [-0.1, -0.05) is 17.7 Å². The lowest BCUT2D eigenvalue weighted by atomic mass is 10.1. The Morgan fingerprint density at radius 3 is 2.85 bits per heavy atom. The fourth-order valence-electron chi connectivity index (χ4n) is 1.60. The molecule has 1 aliphatic carbocycles. The number of rotatable bonds is 2. The average molecular weight is 201 g/mol. The first kappa shape index (κ1) is 8.97. The van der Waals surface area contributed by atoms with Crippen molar-refractivity contribution in [2.45, 2.75) is 12.3 Å². The molecule has 0 saturated heterocycles. The van der Waals surface area contributed by atoms with Gasteiger partial charge in [0, 0.05) is 6.61 Å². The van der Waals surface area contributed by atoms with Gasteiger partial charge in [0.15, 0.2) is 0 Å². The first-order valence-corrected chi connectivity index (χ1v) is 4.66. The van der Waals surface area contributed by atoms with E-state index in [4.69, 9.17) is 16.7 Å². The van der Waals surface area contributed by atoms with Crippen LogP contribution in [0.5, 0.6) is 0 Å². The van der Waals surface area contributed by atoms with Crippen molar-refractivity contribution in [3.63, 3.8) is 0 Å². The smallest absolute Gasteiger partial charge is 0.142 e. The molecule has 0 aliphatic heterocycles. The van der Waals surface area contributed by atoms with Gasteiger partial charge < -0.3 is 5.11 Å². The molecular formula is C10H10ClFO. The van der Waals surface area contributed by atoms with Crippen LogP contribution in [0.2, 0.25) is 5.02 Å². The van der Waals surface area contributed by atoms with Gasteiger partial charge >= 0.3 is 0 Å². The van der Waals surface area contributed by atoms with Crippen molar-refractivity contribution in [2.75, 3.05) is 6.61 Å². The van der Waals surface area contributed by atoms with E-state index >= 15 is 0 Å². The molecule has 13 heavy (non-hydrogen) atoms. The van der Waals surface area contributed by atoms with E-state index in [1.54, 1.807) is 6.07 Å². The number of aliphatic hydroxyl groups is 1. The van der Waals surface area contributed by atoms with E-state index in [-0.39, 0.29) is 17.4 Å². The van der Waals surface area contributed by atoms with Crippen molar-refractivity contribution in [2.24, 2.45) is 5.92 Å². The lowest BCUT2D eigenvalue weighted by Crippen LogP contribution is -1.89. The molecule has 1 aromatic rings. The summed E-state index contributed by atoms with van der Waals surface area (Å²) >= 11 is 5.55. The first-order valence-electron chi connectivity index (χ1n) is 4.28. The molecule has 0 radical (unpaired) electrons. The summed E-state index contributed by atoms with van der Waals surface area (Å²) in [6.45, 7) is 0.189. The van der Waals surface area contributed by atoms with E-state index in [9.17, 15) is 4.39 Å². The Labute approximate surface area is 81.1 Å². The number of benzene rings is 1. The van der Waals surface area contributed by atoms with Crippen molar-refractivity contribution >= 4 is 11.6 Å². The van der Waals surface area contributed by atoms with Crippen LogP contribution < -0.4 is 0 Å². The monoisotopic (exact) mass is 200 g/mol. The quantitative estimate of drug-likeness (QED) is 0.778. The topological polar surface area (TPSA) is 20.2 Å². The molecule has 1 saturated carbocycles. The highest BCUT2D eigenvalue weighted by atomic mass is 35.5. The molecule has 3 heteroatoms. The zero-order chi connectivity index (χ0) is 9.42. The van der Waals surface area contributed by atoms with Gasteiger partial charge in [-0.2, -0.15) is 0 Å². The van der Waals surface area contributed by atoms with Crippen molar-refractivity contribution in [3.8, 4) is 0 Å². The van der Waals surface area contributed by atoms with E-state index in [0.29, 0.717) is 11.8 Å². The van der Waals surface area contributed by atoms with E-state index in [1.807, 2.05) is 6.07 Å². The second kappa shape index (κ2) is 3.28. The molecule has 1 aliphatic rings. The van der Waals surface area contributed by atoms with Crippen LogP contribution in [0.3, 0.4) is 0 Å². The molecule has 0 bridgehead atoms. The molecular weight excluding hydrogens is 191 g/mol. The highest BCUT2D eigenvalue weighted by Gasteiger charge is 2.37. The van der Waals surface area contributed by atoms with Crippen molar-refractivity contribution < 1.29 is 9.50 Å². The van der Waals surface area contributed by atoms with Gasteiger partial charge in [-0.15, -0.1) is 0 Å². The molecule has 0 spiro atoms. The fraction of sp³-hybridized carbons (Fsp3) is 0.400. The van der Waals surface area contributed by atoms with Crippen LogP contribution in [0.25, 0.3) is 0 Å². The summed E-state index contributed by atoms with van der Waals surface area (Å²) in [6, 6.07) is 4.85. The molecule has 2 rings (SSSR count). The summed E-state index contributed by atoms with van der Waals surface area (Å²) in [5.41, 5.74) is 0.945. The molecule has 0 amide bonds. The molecule has 1 aromatic carbocycles. The fourth-order valence-corrected chi connectivity index (χ4v) is 1.72. The van der Waals surface area contributed by atoms with E-state index < -0.39 is 0 Å². The van der Waals surface area contributed by atoms with Gasteiger partial charge in [-0.25, -0.2) is 4.39 Å². The molecule has 0 unspecified atom stereocenters. The Kier molecular flexibility index (Phi) is 2.26. The van der Waals surface area contributed by atoms with Crippen LogP contribution in [0.15, 0.2) is 18.2 Å². The summed E-state index contributed by atoms with van der Waals surface area (Å²) in [5.74, 6) is 0.278. The third-order valence-corrected chi connectivity index (χ3v) is 2.84. The third-order valence-electron chi connectivity index (χ3n) is 2.53. The minimum Gasteiger partial charge on any atom is -0.396 e. The Morgan fingerprint density at radius 1 is 1.54 bits per heavy atom. The molecule has 0 heterocycles. The zero-order valence-electron chi connectivity index (χ0n) is 7.00. The second-order valence-electron chi connectivity index (χ2n) is 3.46. The summed E-state index contributed by atoms with van der Waals surface area (Å²) < 4.78 is 13.0. The van der Waals surface area contributed by atoms with Crippen molar-refractivity contribution in [3.05, 3.63) is 34.6 Å². The summed E-state index contributed by atoms with van der Waals surface area (Å²) in [5, 5.41) is 9.00. The lowest BCUT2D eigenvalue weighted by Gasteiger charge is -2.00. The zero-order valence-corrected chi connectivity index (χ0v) is 7.76. The van der Waals surface area contributed by atoms with Gasteiger partial charge in [0.25, 0.3) is 0 Å². The van der Waals surface area contributed by atoms with E-state index in [1.165, 1.54) is 6.07 Å². The van der Waals surface area contributed by atoms with Gasteiger partial charge in [0.05, 0.1) is 5.02 Å². The highest BCUT2D eigenvalue weighted by molar-refractivity contribution is 6.30. The van der Waals surface area contributed by atoms with Crippen LogP contribution in [0, 0.1) is 11.7 Å². The lowest BCUT2D eigenvalue weighted by molar-refractivity contribution is 0.274. The molecule has 1 nitrogen and oxygen atoms in total. The minimum absolute atomic E-state index is 0.157. The maximum atomic E-state index is 13.0. The Bertz CT molecular complexity index is 327. The predicted octanol–water partition coefficient (Wildman–Crippen LogP) is 2.57. The molecule has 1 N–H and O–H groups in total. The summed E-state index contributed by atoms with van der Waals surface area (Å²) in [4.78, 5) is 0. The number of halogens is 2. The van der Waals surface area contributed by atoms with Gasteiger partial charge in [0.2, 0.25) is 0 Å². The molecule has 0 aromatic heterocycles. The van der Waals surface area contributed by atoms with Crippen molar-refractivity contribution in [1.82, 2.24) is 0 Å². The average Bonchev–Trinajstić information content (AvgIpc) is 2.88. The summed E-state index contributed by atoms with van der Waals surface area (Å²) in [7, 11) is 0. The molecule has 1 fully saturated rings. The highest BCUT2D eigenvalue weighted by Crippen LogP contribution is 2.47. The van der Waals surface area contributed by atoms with E-state index in [0.717, 1.165) is 12.0 Å². The predicted molar refractivity (Wildman–Crippen MR) is 49.3 cm³/mol. The minimum atomic E-state index is -0.372. The van der Waals surface area contributed by atoms with Crippen LogP contribution in [0.4, 0.5) is 4.39 Å². The second-order valence-corrected chi connectivity index (χ2v) is 3.87. The third kappa shape index (κ3) is 1.69. The maximum Gasteiger partial charge on any atom is 0.142 e. The van der Waals surface area contributed by atoms with Crippen LogP contribution in [-0.4, -0.2) is 11.7 Å². The summed E-state index contributed by atoms with van der Waals surface area (Å²) in [6.07, 6.45) is 0.956. The largest absolute Gasteiger partial charge is 0.396 e. The molecule has 70 valence electrons. The Morgan fingerprint density at radius 2 is 2.31 bits per heavy atom. The Balaban J connectivity index is 2.19. The SMILES string of the molecule is OC[C@H]1C[C@H]1c1ccc(Cl)c(F)c1. The number of hydrogen-bond acceptors (Lipinski definition) is 1. The maximum absolute atomic E-state index is 13.0. The standard InChI is InChI=1S/C10H10ClFO/c11-9-2-1-6(4-10(9)12)8-3-7(8)5-13/h1-2,4,7-8,13H,3,5H2/t7-,8+/m1/s1. The number of hydrogen-bond donors (Lipinski definition) is 1. The van der Waals surface area contributed by atoms with Gasteiger partial charge in [0.1, 0.15) is 5.82 Å². The van der Waals surface area contributed by atoms with Crippen molar-refractivity contribution in [1.29, 1.82) is 0 Å². The number of aliphatic hydroxyl groups excluding tert-OH is 1. The Hall–Kier alpha value is -0.600. The van der Waals surface area contributed by atoms with E-state index in [2.05, 4.69) is 0 Å². The van der Waals surface area contributed by atoms with Crippen LogP contribution >= 0.6 is 11.6 Å². The van der Waals surface area contributed by atoms with Crippen LogP contribution in [0.1, 0.15) is 17.9 Å². The first-order chi connectivity index (χ1) is 6.22.